The van der Waals surface area contributed by atoms with Gasteiger partial charge in [0.15, 0.2) is 0 Å². The van der Waals surface area contributed by atoms with E-state index in [0.29, 0.717) is 11.7 Å². The molecule has 0 aliphatic heterocycles. The van der Waals surface area contributed by atoms with Gasteiger partial charge in [-0.2, -0.15) is 0 Å². The summed E-state index contributed by atoms with van der Waals surface area (Å²) in [6.45, 7) is 3.18. The highest BCUT2D eigenvalue weighted by molar-refractivity contribution is 7.88. The van der Waals surface area contributed by atoms with E-state index in [2.05, 4.69) is 33.6 Å². The molecule has 23 heavy (non-hydrogen) atoms. The summed E-state index contributed by atoms with van der Waals surface area (Å²) in [5, 5.41) is 9.74. The number of sulfonamides is 1. The second kappa shape index (κ2) is 6.72. The molecular weight excluding hydrogens is 334 g/mol. The van der Waals surface area contributed by atoms with E-state index in [1.54, 1.807) is 11.3 Å². The van der Waals surface area contributed by atoms with Gasteiger partial charge in [0.2, 0.25) is 10.0 Å². The van der Waals surface area contributed by atoms with E-state index in [1.165, 1.54) is 10.4 Å². The molecule has 2 N–H and O–H groups in total. The van der Waals surface area contributed by atoms with Gasteiger partial charge < -0.3 is 9.84 Å². The van der Waals surface area contributed by atoms with Gasteiger partial charge in [-0.25, -0.2) is 13.1 Å². The molecule has 1 aliphatic carbocycles. The van der Waals surface area contributed by atoms with Crippen LogP contribution in [0, 0.1) is 6.92 Å². The van der Waals surface area contributed by atoms with Crippen molar-refractivity contribution in [2.24, 2.45) is 0 Å². The molecular formula is C15H21N3O3S2. The first-order chi connectivity index (χ1) is 10.9. The first kappa shape index (κ1) is 16.6. The Bertz CT molecular complexity index is 780. The minimum absolute atomic E-state index is 0.189. The Labute approximate surface area is 140 Å². The number of aryl methyl sites for hydroxylation is 2. The zero-order valence-electron chi connectivity index (χ0n) is 13.3. The number of nitrogens with zero attached hydrogens (tertiary/aromatic N) is 1. The molecule has 126 valence electrons. The molecule has 1 atom stereocenters. The van der Waals surface area contributed by atoms with E-state index in [1.807, 2.05) is 0 Å². The van der Waals surface area contributed by atoms with Crippen molar-refractivity contribution >= 4 is 21.4 Å². The fourth-order valence-corrected chi connectivity index (χ4v) is 4.05. The molecule has 2 heterocycles. The van der Waals surface area contributed by atoms with Gasteiger partial charge in [-0.3, -0.25) is 0 Å². The van der Waals surface area contributed by atoms with Crippen molar-refractivity contribution in [2.75, 3.05) is 6.26 Å². The largest absolute Gasteiger partial charge is 0.361 e. The van der Waals surface area contributed by atoms with Gasteiger partial charge in [-0.1, -0.05) is 5.16 Å². The summed E-state index contributed by atoms with van der Waals surface area (Å²) in [5.74, 6) is 0.889. The molecule has 3 rings (SSSR count). The Hall–Kier alpha value is -1.22. The molecule has 0 bridgehead atoms. The third-order valence-electron chi connectivity index (χ3n) is 4.14. The summed E-state index contributed by atoms with van der Waals surface area (Å²) in [6.07, 6.45) is 3.81. The summed E-state index contributed by atoms with van der Waals surface area (Å²) in [6, 6.07) is 2.50. The highest BCUT2D eigenvalue weighted by atomic mass is 32.2. The van der Waals surface area contributed by atoms with Gasteiger partial charge in [0.25, 0.3) is 0 Å². The minimum atomic E-state index is -3.23. The predicted molar refractivity (Wildman–Crippen MR) is 89.9 cm³/mol. The maximum Gasteiger partial charge on any atom is 0.209 e. The number of fused-ring (bicyclic) bond motifs is 1. The number of hydrogen-bond donors (Lipinski definition) is 2. The van der Waals surface area contributed by atoms with Crippen molar-refractivity contribution in [1.82, 2.24) is 15.2 Å². The van der Waals surface area contributed by atoms with Crippen LogP contribution in [-0.4, -0.2) is 25.9 Å². The number of thiophene rings is 1. The van der Waals surface area contributed by atoms with Gasteiger partial charge >= 0.3 is 0 Å². The lowest BCUT2D eigenvalue weighted by Gasteiger charge is -2.22. The average molecular weight is 355 g/mol. The third kappa shape index (κ3) is 4.20. The quantitative estimate of drug-likeness (QED) is 0.824. The summed E-state index contributed by atoms with van der Waals surface area (Å²) in [5.41, 5.74) is 3.07. The monoisotopic (exact) mass is 355 g/mol. The van der Waals surface area contributed by atoms with Crippen LogP contribution >= 0.6 is 11.3 Å². The molecule has 0 fully saturated rings. The predicted octanol–water partition coefficient (Wildman–Crippen LogP) is 1.74. The molecule has 2 aromatic heterocycles. The van der Waals surface area contributed by atoms with Gasteiger partial charge in [-0.15, -0.1) is 11.3 Å². The minimum Gasteiger partial charge on any atom is -0.361 e. The maximum absolute atomic E-state index is 11.2. The Balaban J connectivity index is 1.63. The second-order valence-electron chi connectivity index (χ2n) is 5.97. The maximum atomic E-state index is 11.2. The van der Waals surface area contributed by atoms with Crippen LogP contribution < -0.4 is 10.0 Å². The van der Waals surface area contributed by atoms with E-state index in [0.717, 1.165) is 43.4 Å². The standard InChI is InChI=1S/C15H21N3O3S2/c1-10-5-6-22-15(10)9-16-11-3-4-14-12(7-11)13(18-21-14)8-17-23(2,19)20/h5-6,11,16-17H,3-4,7-9H2,1-2H3. The summed E-state index contributed by atoms with van der Waals surface area (Å²) in [7, 11) is -3.23. The van der Waals surface area contributed by atoms with E-state index in [-0.39, 0.29) is 6.54 Å². The van der Waals surface area contributed by atoms with Crippen molar-refractivity contribution in [3.05, 3.63) is 38.9 Å². The van der Waals surface area contributed by atoms with Crippen molar-refractivity contribution in [3.63, 3.8) is 0 Å². The Morgan fingerprint density at radius 1 is 1.43 bits per heavy atom. The Morgan fingerprint density at radius 2 is 2.26 bits per heavy atom. The van der Waals surface area contributed by atoms with Gasteiger partial charge in [-0.05, 0) is 36.8 Å². The zero-order valence-corrected chi connectivity index (χ0v) is 14.9. The van der Waals surface area contributed by atoms with Crippen LogP contribution in [0.1, 0.15) is 33.9 Å². The Morgan fingerprint density at radius 3 is 2.96 bits per heavy atom. The average Bonchev–Trinajstić information content (AvgIpc) is 3.08. The molecule has 0 radical (unpaired) electrons. The molecule has 1 unspecified atom stereocenters. The number of aromatic nitrogens is 1. The van der Waals surface area contributed by atoms with Crippen LogP contribution in [0.5, 0.6) is 0 Å². The van der Waals surface area contributed by atoms with Crippen LogP contribution in [0.3, 0.4) is 0 Å². The van der Waals surface area contributed by atoms with Crippen LogP contribution in [0.2, 0.25) is 0 Å². The van der Waals surface area contributed by atoms with E-state index < -0.39 is 10.0 Å². The molecule has 0 saturated heterocycles. The van der Waals surface area contributed by atoms with Crippen LogP contribution in [0.4, 0.5) is 0 Å². The highest BCUT2D eigenvalue weighted by Gasteiger charge is 2.25. The second-order valence-corrected chi connectivity index (χ2v) is 8.81. The molecule has 0 amide bonds. The summed E-state index contributed by atoms with van der Waals surface area (Å²) < 4.78 is 30.3. The number of hydrogen-bond acceptors (Lipinski definition) is 6. The number of rotatable bonds is 6. The van der Waals surface area contributed by atoms with E-state index in [4.69, 9.17) is 4.52 Å². The molecule has 2 aromatic rings. The first-order valence-corrected chi connectivity index (χ1v) is 10.4. The van der Waals surface area contributed by atoms with Crippen LogP contribution in [-0.2, 0) is 36.0 Å². The van der Waals surface area contributed by atoms with E-state index in [9.17, 15) is 8.42 Å². The smallest absolute Gasteiger partial charge is 0.209 e. The lowest BCUT2D eigenvalue weighted by molar-refractivity contribution is 0.351. The van der Waals surface area contributed by atoms with Crippen molar-refractivity contribution in [3.8, 4) is 0 Å². The van der Waals surface area contributed by atoms with Crippen molar-refractivity contribution in [1.29, 1.82) is 0 Å². The molecule has 0 saturated carbocycles. The molecule has 0 aromatic carbocycles. The third-order valence-corrected chi connectivity index (χ3v) is 5.83. The van der Waals surface area contributed by atoms with Gasteiger partial charge in [0.1, 0.15) is 11.5 Å². The normalized spacial score (nSPS) is 18.1. The fourth-order valence-electron chi connectivity index (χ4n) is 2.80. The van der Waals surface area contributed by atoms with Crippen LogP contribution in [0.25, 0.3) is 0 Å². The van der Waals surface area contributed by atoms with Gasteiger partial charge in [0, 0.05) is 29.4 Å². The van der Waals surface area contributed by atoms with Crippen LogP contribution in [0.15, 0.2) is 16.0 Å². The Kier molecular flexibility index (Phi) is 4.86. The summed E-state index contributed by atoms with van der Waals surface area (Å²) >= 11 is 1.77. The fraction of sp³-hybridized carbons (Fsp3) is 0.533. The lowest BCUT2D eigenvalue weighted by atomic mass is 9.92. The van der Waals surface area contributed by atoms with Crippen molar-refractivity contribution in [2.45, 2.75) is 45.3 Å². The summed E-state index contributed by atoms with van der Waals surface area (Å²) in [4.78, 5) is 1.36. The first-order valence-electron chi connectivity index (χ1n) is 7.59. The van der Waals surface area contributed by atoms with Crippen molar-refractivity contribution < 1.29 is 12.9 Å². The topological polar surface area (TPSA) is 84.2 Å². The molecule has 0 spiro atoms. The van der Waals surface area contributed by atoms with E-state index >= 15 is 0 Å². The SMILES string of the molecule is Cc1ccsc1CNC1CCc2onc(CNS(C)(=O)=O)c2C1. The molecule has 6 nitrogen and oxygen atoms in total. The highest BCUT2D eigenvalue weighted by Crippen LogP contribution is 2.25. The lowest BCUT2D eigenvalue weighted by Crippen LogP contribution is -2.34. The zero-order chi connectivity index (χ0) is 16.4. The number of nitrogens with one attached hydrogen (secondary N) is 2. The van der Waals surface area contributed by atoms with Gasteiger partial charge in [0.05, 0.1) is 12.8 Å². The molecule has 8 heteroatoms. The molecule has 1 aliphatic rings.